The van der Waals surface area contributed by atoms with Crippen LogP contribution in [0.15, 0.2) is 72.8 Å². The molecule has 6 nitrogen and oxygen atoms in total. The molecule has 3 aromatic rings. The molecule has 3 aliphatic rings. The minimum Gasteiger partial charge on any atom is -0.488 e. The monoisotopic (exact) mass is 787 g/mol. The number of hydrogen-bond acceptors (Lipinski definition) is 6. The van der Waals surface area contributed by atoms with Crippen molar-refractivity contribution in [2.24, 2.45) is 0 Å². The topological polar surface area (TPSA) is 46.2 Å². The van der Waals surface area contributed by atoms with Crippen LogP contribution < -0.4 is 19.5 Å². The lowest BCUT2D eigenvalue weighted by Crippen LogP contribution is -2.54. The number of ether oxygens (including phenoxy) is 3. The molecule has 0 bridgehead atoms. The summed E-state index contributed by atoms with van der Waals surface area (Å²) in [4.78, 5) is 4.15. The van der Waals surface area contributed by atoms with Crippen LogP contribution in [0.5, 0.6) is 17.2 Å². The molecule has 0 amide bonds. The van der Waals surface area contributed by atoms with E-state index in [1.54, 1.807) is 4.90 Å². The molecule has 0 saturated carbocycles. The first-order valence-corrected chi connectivity index (χ1v) is 20.3. The molecule has 1 N–H and O–H groups in total. The molecule has 3 aliphatic heterocycles. The number of likely N-dealkylation sites (tertiary alicyclic amines) is 2. The molecule has 3 fully saturated rings. The van der Waals surface area contributed by atoms with E-state index >= 15 is 0 Å². The van der Waals surface area contributed by atoms with Gasteiger partial charge in [0.1, 0.15) is 35.6 Å². The minimum absolute atomic E-state index is 0.00118. The van der Waals surface area contributed by atoms with Crippen LogP contribution in [0.4, 0.5) is 13.2 Å². The van der Waals surface area contributed by atoms with Crippen molar-refractivity contribution in [3.8, 4) is 17.2 Å². The molecule has 3 aromatic carbocycles. The van der Waals surface area contributed by atoms with E-state index in [2.05, 4.69) is 121 Å². The van der Waals surface area contributed by atoms with Crippen molar-refractivity contribution in [3.63, 3.8) is 0 Å². The summed E-state index contributed by atoms with van der Waals surface area (Å²) < 4.78 is 53.8. The fourth-order valence-electron chi connectivity index (χ4n) is 6.15. The number of alkyl halides is 4. The van der Waals surface area contributed by atoms with Gasteiger partial charge in [0.05, 0.1) is 6.42 Å². The van der Waals surface area contributed by atoms with Gasteiger partial charge >= 0.3 is 6.18 Å². The van der Waals surface area contributed by atoms with Crippen LogP contribution in [-0.2, 0) is 16.2 Å². The average molecular weight is 788 g/mol. The van der Waals surface area contributed by atoms with Crippen molar-refractivity contribution in [1.82, 2.24) is 15.1 Å². The molecular formula is C45H65ClF3N3O3. The second kappa shape index (κ2) is 19.4. The van der Waals surface area contributed by atoms with Crippen molar-refractivity contribution in [2.45, 2.75) is 116 Å². The summed E-state index contributed by atoms with van der Waals surface area (Å²) in [6, 6.07) is 24.9. The van der Waals surface area contributed by atoms with Crippen LogP contribution in [0, 0.1) is 0 Å². The number of benzene rings is 3. The highest BCUT2D eigenvalue weighted by Gasteiger charge is 2.33. The number of rotatable bonds is 11. The Bertz CT molecular complexity index is 1550. The van der Waals surface area contributed by atoms with Gasteiger partial charge in [-0.2, -0.15) is 13.2 Å². The van der Waals surface area contributed by atoms with Gasteiger partial charge in [0.25, 0.3) is 0 Å². The molecule has 55 heavy (non-hydrogen) atoms. The third-order valence-corrected chi connectivity index (χ3v) is 10.2. The van der Waals surface area contributed by atoms with Gasteiger partial charge in [-0.05, 0) is 82.3 Å². The van der Waals surface area contributed by atoms with Gasteiger partial charge < -0.3 is 19.5 Å². The van der Waals surface area contributed by atoms with Crippen molar-refractivity contribution < 1.29 is 27.4 Å². The van der Waals surface area contributed by atoms with Crippen LogP contribution >= 0.6 is 11.6 Å². The normalized spacial score (nSPS) is 17.4. The first kappa shape index (κ1) is 44.7. The quantitative estimate of drug-likeness (QED) is 0.195. The summed E-state index contributed by atoms with van der Waals surface area (Å²) >= 11 is 5.69. The number of halogens is 4. The van der Waals surface area contributed by atoms with E-state index < -0.39 is 12.6 Å². The molecule has 0 aromatic heterocycles. The highest BCUT2D eigenvalue weighted by Crippen LogP contribution is 2.28. The Morgan fingerprint density at radius 3 is 1.15 bits per heavy atom. The molecule has 3 heterocycles. The lowest BCUT2D eigenvalue weighted by Gasteiger charge is -2.39. The Morgan fingerprint density at radius 2 is 0.873 bits per heavy atom. The van der Waals surface area contributed by atoms with E-state index in [1.807, 2.05) is 24.3 Å². The maximum absolute atomic E-state index is 12.1. The Balaban J connectivity index is 0.000000186. The lowest BCUT2D eigenvalue weighted by molar-refractivity contribution is -0.142. The Hall–Kier alpha value is -2.98. The lowest BCUT2D eigenvalue weighted by atomic mass is 9.87. The molecule has 0 atom stereocenters. The standard InChI is InChI=1S/C16H24ClNO.C16H22F3NO.C13H19NO/c1-16(2,3)13-5-7-14(8-6-13)19-15-11-18(12-15)10-4-9-17;1-15(2,3)12-4-6-13(7-5-12)21-14-10-20(11-14)9-8-16(17,18)19;1-13(2,3)10-4-6-11(7-5-10)15-12-8-14-9-12/h5-8,15H,4,9-12H2,1-3H3;4-7,14H,8-11H2,1-3H3;4-7,12,14H,8-9H2,1-3H3. The largest absolute Gasteiger partial charge is 0.488 e. The van der Waals surface area contributed by atoms with Gasteiger partial charge in [-0.15, -0.1) is 11.6 Å². The van der Waals surface area contributed by atoms with Crippen molar-refractivity contribution in [3.05, 3.63) is 89.5 Å². The predicted molar refractivity (Wildman–Crippen MR) is 220 cm³/mol. The molecule has 0 spiro atoms. The molecule has 10 heteroatoms. The maximum Gasteiger partial charge on any atom is 0.390 e. The van der Waals surface area contributed by atoms with Crippen LogP contribution in [0.2, 0.25) is 0 Å². The van der Waals surface area contributed by atoms with Crippen LogP contribution in [0.3, 0.4) is 0 Å². The van der Waals surface area contributed by atoms with E-state index in [4.69, 9.17) is 25.8 Å². The molecule has 3 saturated heterocycles. The zero-order valence-corrected chi connectivity index (χ0v) is 35.3. The number of hydrogen-bond donors (Lipinski definition) is 1. The molecule has 6 rings (SSSR count). The summed E-state index contributed by atoms with van der Waals surface area (Å²) in [6.07, 6.45) is -3.05. The predicted octanol–water partition coefficient (Wildman–Crippen LogP) is 10.0. The van der Waals surface area contributed by atoms with E-state index in [1.165, 1.54) is 16.7 Å². The van der Waals surface area contributed by atoms with Crippen molar-refractivity contribution >= 4 is 11.6 Å². The van der Waals surface area contributed by atoms with Gasteiger partial charge in [-0.3, -0.25) is 9.80 Å². The molecular weight excluding hydrogens is 723 g/mol. The maximum atomic E-state index is 12.1. The number of nitrogens with one attached hydrogen (secondary N) is 1. The molecule has 0 unspecified atom stereocenters. The fraction of sp³-hybridized carbons (Fsp3) is 0.600. The molecule has 0 aliphatic carbocycles. The first-order valence-electron chi connectivity index (χ1n) is 19.8. The third kappa shape index (κ3) is 15.5. The average Bonchev–Trinajstić information content (AvgIpc) is 3.04. The SMILES string of the molecule is CC(C)(C)c1ccc(OC2CN(CCC(F)(F)F)C2)cc1.CC(C)(C)c1ccc(OC2CN(CCCCl)C2)cc1.CC(C)(C)c1ccc(OC2CNC2)cc1. The third-order valence-electron chi connectivity index (χ3n) is 9.98. The van der Waals surface area contributed by atoms with Gasteiger partial charge in [-0.1, -0.05) is 98.7 Å². The van der Waals surface area contributed by atoms with E-state index in [-0.39, 0.29) is 28.9 Å². The molecule has 306 valence electrons. The van der Waals surface area contributed by atoms with Crippen LogP contribution in [0.1, 0.15) is 91.8 Å². The second-order valence-corrected chi connectivity index (χ2v) is 18.5. The van der Waals surface area contributed by atoms with Gasteiger partial charge in [0.2, 0.25) is 0 Å². The summed E-state index contributed by atoms with van der Waals surface area (Å²) in [5.74, 6) is 3.49. The summed E-state index contributed by atoms with van der Waals surface area (Å²) in [7, 11) is 0. The van der Waals surface area contributed by atoms with E-state index in [0.29, 0.717) is 25.3 Å². The zero-order valence-electron chi connectivity index (χ0n) is 34.6. The number of nitrogens with zero attached hydrogens (tertiary/aromatic N) is 2. The second-order valence-electron chi connectivity index (χ2n) is 18.1. The summed E-state index contributed by atoms with van der Waals surface area (Å²) in [5, 5.41) is 3.19. The van der Waals surface area contributed by atoms with Crippen LogP contribution in [-0.4, -0.2) is 92.5 Å². The van der Waals surface area contributed by atoms with Crippen LogP contribution in [0.25, 0.3) is 0 Å². The first-order chi connectivity index (χ1) is 25.7. The van der Waals surface area contributed by atoms with E-state index in [9.17, 15) is 13.2 Å². The minimum atomic E-state index is -4.07. The Labute approximate surface area is 334 Å². The Morgan fingerprint density at radius 1 is 0.545 bits per heavy atom. The Kier molecular flexibility index (Phi) is 15.8. The van der Waals surface area contributed by atoms with Crippen molar-refractivity contribution in [1.29, 1.82) is 0 Å². The summed E-state index contributed by atoms with van der Waals surface area (Å²) in [5.41, 5.74) is 4.45. The smallest absolute Gasteiger partial charge is 0.390 e. The van der Waals surface area contributed by atoms with Gasteiger partial charge in [0, 0.05) is 51.7 Å². The van der Waals surface area contributed by atoms with Crippen molar-refractivity contribution in [2.75, 3.05) is 58.2 Å². The highest BCUT2D eigenvalue weighted by atomic mass is 35.5. The zero-order chi connectivity index (χ0) is 40.4. The van der Waals surface area contributed by atoms with Gasteiger partial charge in [0.15, 0.2) is 0 Å². The highest BCUT2D eigenvalue weighted by molar-refractivity contribution is 6.17. The van der Waals surface area contributed by atoms with E-state index in [0.717, 1.165) is 62.3 Å². The fourth-order valence-corrected chi connectivity index (χ4v) is 6.27. The molecule has 0 radical (unpaired) electrons. The van der Waals surface area contributed by atoms with Gasteiger partial charge in [-0.25, -0.2) is 0 Å². The summed E-state index contributed by atoms with van der Waals surface area (Å²) in [6.45, 7) is 26.1.